The Kier molecular flexibility index (Phi) is 3.82. The van der Waals surface area contributed by atoms with Crippen molar-refractivity contribution >= 4 is 16.7 Å². The minimum Gasteiger partial charge on any atom is -0.370 e. The molecule has 0 saturated heterocycles. The summed E-state index contributed by atoms with van der Waals surface area (Å²) in [5, 5.41) is 5.56. The largest absolute Gasteiger partial charge is 0.370 e. The van der Waals surface area contributed by atoms with Crippen molar-refractivity contribution in [2.24, 2.45) is 10.7 Å². The highest BCUT2D eigenvalue weighted by Crippen LogP contribution is 2.18. The lowest BCUT2D eigenvalue weighted by Crippen LogP contribution is -2.36. The van der Waals surface area contributed by atoms with Gasteiger partial charge in [-0.05, 0) is 30.2 Å². The fraction of sp³-hybridized carbons (Fsp3) is 0.267. The number of rotatable bonds is 3. The first kappa shape index (κ1) is 12.4. The number of nitrogens with zero attached hydrogens (tertiary/aromatic N) is 1. The summed E-state index contributed by atoms with van der Waals surface area (Å²) in [5.41, 5.74) is 7.00. The lowest BCUT2D eigenvalue weighted by molar-refractivity contribution is 0.724. The zero-order valence-electron chi connectivity index (χ0n) is 10.9. The molecule has 3 nitrogen and oxygen atoms in total. The van der Waals surface area contributed by atoms with E-state index in [1.54, 1.807) is 0 Å². The first-order valence-corrected chi connectivity index (χ1v) is 6.20. The van der Waals surface area contributed by atoms with Gasteiger partial charge in [-0.1, -0.05) is 42.5 Å². The van der Waals surface area contributed by atoms with Crippen molar-refractivity contribution in [3.8, 4) is 0 Å². The Labute approximate surface area is 108 Å². The van der Waals surface area contributed by atoms with Gasteiger partial charge in [0.15, 0.2) is 5.96 Å². The normalized spacial score (nSPS) is 12.1. The van der Waals surface area contributed by atoms with E-state index >= 15 is 0 Å². The molecule has 0 aliphatic rings. The molecule has 0 atom stereocenters. The van der Waals surface area contributed by atoms with Crippen LogP contribution in [0.25, 0.3) is 10.8 Å². The number of hydrogen-bond donors (Lipinski definition) is 2. The Balaban J connectivity index is 2.22. The number of hydrogen-bond acceptors (Lipinski definition) is 1. The molecule has 2 aromatic rings. The molecule has 2 aromatic carbocycles. The molecule has 2 rings (SSSR count). The monoisotopic (exact) mass is 241 g/mol. The first-order valence-electron chi connectivity index (χ1n) is 6.20. The number of aliphatic imine (C=N–C) groups is 1. The number of nitrogens with one attached hydrogen (secondary N) is 1. The summed E-state index contributed by atoms with van der Waals surface area (Å²) in [6.07, 6.45) is 0. The SMILES string of the molecule is CC(C)NC(N)=NCc1cccc2ccccc12. The highest BCUT2D eigenvalue weighted by atomic mass is 15.1. The molecule has 18 heavy (non-hydrogen) atoms. The molecule has 0 aliphatic heterocycles. The van der Waals surface area contributed by atoms with Crippen molar-refractivity contribution in [2.75, 3.05) is 0 Å². The molecule has 0 aliphatic carbocycles. The average Bonchev–Trinajstić information content (AvgIpc) is 2.35. The van der Waals surface area contributed by atoms with Gasteiger partial charge in [-0.15, -0.1) is 0 Å². The topological polar surface area (TPSA) is 50.4 Å². The standard InChI is InChI=1S/C15H19N3/c1-11(2)18-15(16)17-10-13-8-5-7-12-6-3-4-9-14(12)13/h3-9,11H,10H2,1-2H3,(H3,16,17,18). The smallest absolute Gasteiger partial charge is 0.189 e. The summed E-state index contributed by atoms with van der Waals surface area (Å²) < 4.78 is 0. The lowest BCUT2D eigenvalue weighted by Gasteiger charge is -2.09. The summed E-state index contributed by atoms with van der Waals surface area (Å²) in [6.45, 7) is 4.69. The van der Waals surface area contributed by atoms with Gasteiger partial charge in [0, 0.05) is 6.04 Å². The van der Waals surface area contributed by atoms with Gasteiger partial charge in [-0.3, -0.25) is 0 Å². The lowest BCUT2D eigenvalue weighted by atomic mass is 10.1. The van der Waals surface area contributed by atoms with Crippen LogP contribution in [0.3, 0.4) is 0 Å². The van der Waals surface area contributed by atoms with Gasteiger partial charge in [0.05, 0.1) is 6.54 Å². The maximum Gasteiger partial charge on any atom is 0.189 e. The fourth-order valence-corrected chi connectivity index (χ4v) is 1.94. The Morgan fingerprint density at radius 1 is 1.17 bits per heavy atom. The van der Waals surface area contributed by atoms with Crippen LogP contribution in [0.15, 0.2) is 47.5 Å². The van der Waals surface area contributed by atoms with Gasteiger partial charge in [0.1, 0.15) is 0 Å². The van der Waals surface area contributed by atoms with Crippen molar-refractivity contribution in [3.05, 3.63) is 48.0 Å². The van der Waals surface area contributed by atoms with Crippen LogP contribution in [-0.4, -0.2) is 12.0 Å². The van der Waals surface area contributed by atoms with E-state index in [-0.39, 0.29) is 0 Å². The van der Waals surface area contributed by atoms with E-state index in [1.165, 1.54) is 16.3 Å². The summed E-state index contributed by atoms with van der Waals surface area (Å²) in [6, 6.07) is 14.9. The van der Waals surface area contributed by atoms with Crippen molar-refractivity contribution in [1.29, 1.82) is 0 Å². The summed E-state index contributed by atoms with van der Waals surface area (Å²) in [5.74, 6) is 0.498. The van der Waals surface area contributed by atoms with E-state index < -0.39 is 0 Å². The summed E-state index contributed by atoms with van der Waals surface area (Å²) >= 11 is 0. The van der Waals surface area contributed by atoms with Gasteiger partial charge < -0.3 is 11.1 Å². The molecule has 0 bridgehead atoms. The quantitative estimate of drug-likeness (QED) is 0.641. The highest BCUT2D eigenvalue weighted by molar-refractivity contribution is 5.86. The number of benzene rings is 2. The molecule has 94 valence electrons. The molecule has 0 saturated carbocycles. The molecule has 0 amide bonds. The number of fused-ring (bicyclic) bond motifs is 1. The minimum atomic E-state index is 0.307. The zero-order chi connectivity index (χ0) is 13.0. The van der Waals surface area contributed by atoms with E-state index in [0.717, 1.165) is 0 Å². The third kappa shape index (κ3) is 3.00. The molecule has 0 spiro atoms. The Bertz CT molecular complexity index is 553. The van der Waals surface area contributed by atoms with Crippen LogP contribution in [0, 0.1) is 0 Å². The van der Waals surface area contributed by atoms with E-state index in [4.69, 9.17) is 5.73 Å². The molecule has 0 radical (unpaired) electrons. The second kappa shape index (κ2) is 5.54. The minimum absolute atomic E-state index is 0.307. The second-order valence-electron chi connectivity index (χ2n) is 4.64. The van der Waals surface area contributed by atoms with Crippen LogP contribution in [0.2, 0.25) is 0 Å². The van der Waals surface area contributed by atoms with Crippen LogP contribution in [0.1, 0.15) is 19.4 Å². The molecule has 0 unspecified atom stereocenters. The van der Waals surface area contributed by atoms with Crippen LogP contribution >= 0.6 is 0 Å². The van der Waals surface area contributed by atoms with E-state index in [1.807, 2.05) is 26.0 Å². The van der Waals surface area contributed by atoms with E-state index in [9.17, 15) is 0 Å². The van der Waals surface area contributed by atoms with Crippen molar-refractivity contribution in [3.63, 3.8) is 0 Å². The van der Waals surface area contributed by atoms with E-state index in [0.29, 0.717) is 18.5 Å². The Hall–Kier alpha value is -2.03. The maximum absolute atomic E-state index is 5.81. The average molecular weight is 241 g/mol. The third-order valence-corrected chi connectivity index (χ3v) is 2.74. The Morgan fingerprint density at radius 3 is 2.67 bits per heavy atom. The summed E-state index contributed by atoms with van der Waals surface area (Å²) in [7, 11) is 0. The van der Waals surface area contributed by atoms with Crippen molar-refractivity contribution in [1.82, 2.24) is 5.32 Å². The predicted octanol–water partition coefficient (Wildman–Crippen LogP) is 2.65. The molecule has 0 heterocycles. The second-order valence-corrected chi connectivity index (χ2v) is 4.64. The van der Waals surface area contributed by atoms with E-state index in [2.05, 4.69) is 40.6 Å². The van der Waals surface area contributed by atoms with Gasteiger partial charge in [0.2, 0.25) is 0 Å². The van der Waals surface area contributed by atoms with Crippen LogP contribution in [0.5, 0.6) is 0 Å². The molecular formula is C15H19N3. The maximum atomic E-state index is 5.81. The summed E-state index contributed by atoms with van der Waals surface area (Å²) in [4.78, 5) is 4.37. The Morgan fingerprint density at radius 2 is 1.89 bits per heavy atom. The van der Waals surface area contributed by atoms with Crippen LogP contribution in [0.4, 0.5) is 0 Å². The number of guanidine groups is 1. The van der Waals surface area contributed by atoms with Gasteiger partial charge in [-0.25, -0.2) is 4.99 Å². The van der Waals surface area contributed by atoms with Crippen LogP contribution in [-0.2, 0) is 6.54 Å². The predicted molar refractivity (Wildman–Crippen MR) is 77.5 cm³/mol. The third-order valence-electron chi connectivity index (χ3n) is 2.74. The highest BCUT2D eigenvalue weighted by Gasteiger charge is 2.00. The van der Waals surface area contributed by atoms with Gasteiger partial charge >= 0.3 is 0 Å². The van der Waals surface area contributed by atoms with Crippen molar-refractivity contribution < 1.29 is 0 Å². The number of nitrogens with two attached hydrogens (primary N) is 1. The zero-order valence-corrected chi connectivity index (χ0v) is 10.9. The molecular weight excluding hydrogens is 222 g/mol. The molecule has 3 N–H and O–H groups in total. The molecule has 3 heteroatoms. The molecule has 0 aromatic heterocycles. The van der Waals surface area contributed by atoms with Gasteiger partial charge in [0.25, 0.3) is 0 Å². The first-order chi connectivity index (χ1) is 8.66. The molecule has 0 fully saturated rings. The van der Waals surface area contributed by atoms with Crippen molar-refractivity contribution in [2.45, 2.75) is 26.4 Å². The fourth-order valence-electron chi connectivity index (χ4n) is 1.94. The van der Waals surface area contributed by atoms with Crippen LogP contribution < -0.4 is 11.1 Å². The van der Waals surface area contributed by atoms with Gasteiger partial charge in [-0.2, -0.15) is 0 Å².